The minimum atomic E-state index is 0. The van der Waals surface area contributed by atoms with E-state index in [9.17, 15) is 0 Å². The number of nitrogens with zero attached hydrogens (tertiary/aromatic N) is 1. The van der Waals surface area contributed by atoms with Crippen molar-refractivity contribution in [3.63, 3.8) is 0 Å². The van der Waals surface area contributed by atoms with Gasteiger partial charge in [-0.15, -0.1) is 0 Å². The third-order valence-corrected chi connectivity index (χ3v) is 0.605. The predicted molar refractivity (Wildman–Crippen MR) is 34.3 cm³/mol. The zero-order chi connectivity index (χ0) is 4.99. The molecule has 0 N–H and O–H groups in total. The van der Waals surface area contributed by atoms with Gasteiger partial charge in [0.2, 0.25) is 0 Å². The standard InChI is InChI=1S/C5H12N.ClH.Mg/c1-4-5-6(2)3;;/h1,4-5H2,2-3H3;1H;/q-1;;+2/p-1. The van der Waals surface area contributed by atoms with E-state index in [1.54, 1.807) is 0 Å². The van der Waals surface area contributed by atoms with E-state index < -0.39 is 0 Å². The molecule has 0 saturated carbocycles. The van der Waals surface area contributed by atoms with Crippen LogP contribution in [-0.4, -0.2) is 48.6 Å². The maximum absolute atomic E-state index is 3.68. The van der Waals surface area contributed by atoms with Gasteiger partial charge in [-0.3, -0.25) is 0 Å². The van der Waals surface area contributed by atoms with Gasteiger partial charge in [-0.2, -0.15) is 6.42 Å². The van der Waals surface area contributed by atoms with Gasteiger partial charge >= 0.3 is 23.1 Å². The Morgan fingerprint density at radius 1 is 1.38 bits per heavy atom. The van der Waals surface area contributed by atoms with Crippen LogP contribution in [0.4, 0.5) is 0 Å². The van der Waals surface area contributed by atoms with Crippen molar-refractivity contribution in [3.05, 3.63) is 6.92 Å². The molecule has 0 spiro atoms. The summed E-state index contributed by atoms with van der Waals surface area (Å²) in [5.41, 5.74) is 0. The summed E-state index contributed by atoms with van der Waals surface area (Å²) >= 11 is 0. The summed E-state index contributed by atoms with van der Waals surface area (Å²) in [6.07, 6.45) is 1.01. The number of hydrogen-bond donors (Lipinski definition) is 0. The first-order chi connectivity index (χ1) is 2.77. The zero-order valence-electron chi connectivity index (χ0n) is 5.65. The van der Waals surface area contributed by atoms with Crippen LogP contribution in [-0.2, 0) is 0 Å². The monoisotopic (exact) mass is 145 g/mol. The summed E-state index contributed by atoms with van der Waals surface area (Å²) in [6, 6.07) is 0. The Morgan fingerprint density at radius 2 is 1.75 bits per heavy atom. The van der Waals surface area contributed by atoms with E-state index in [2.05, 4.69) is 11.8 Å². The molecule has 0 aromatic heterocycles. The molecule has 0 fully saturated rings. The van der Waals surface area contributed by atoms with Crippen molar-refractivity contribution in [2.24, 2.45) is 0 Å². The molecule has 0 aromatic rings. The molecule has 3 heteroatoms. The van der Waals surface area contributed by atoms with Gasteiger partial charge in [-0.1, -0.05) is 0 Å². The maximum atomic E-state index is 3.68. The fourth-order valence-corrected chi connectivity index (χ4v) is 0.316. The van der Waals surface area contributed by atoms with Crippen molar-refractivity contribution in [2.45, 2.75) is 6.42 Å². The van der Waals surface area contributed by atoms with Crippen LogP contribution in [0.2, 0.25) is 0 Å². The maximum Gasteiger partial charge on any atom is 2.00 e. The molecule has 0 saturated heterocycles. The zero-order valence-corrected chi connectivity index (χ0v) is 7.82. The molecule has 0 aromatic carbocycles. The van der Waals surface area contributed by atoms with Crippen LogP contribution in [0.5, 0.6) is 0 Å². The summed E-state index contributed by atoms with van der Waals surface area (Å²) in [7, 11) is 4.09. The van der Waals surface area contributed by atoms with E-state index in [1.807, 2.05) is 14.1 Å². The SMILES string of the molecule is [CH2-]CCN(C)C.[Cl-].[Mg+2]. The molecule has 0 rings (SSSR count). The van der Waals surface area contributed by atoms with E-state index >= 15 is 0 Å². The first-order valence-electron chi connectivity index (χ1n) is 2.21. The molecule has 0 aliphatic rings. The summed E-state index contributed by atoms with van der Waals surface area (Å²) in [5.74, 6) is 0. The second-order valence-electron chi connectivity index (χ2n) is 1.66. The minimum Gasteiger partial charge on any atom is -1.00 e. The molecule has 0 radical (unpaired) electrons. The largest absolute Gasteiger partial charge is 2.00 e. The van der Waals surface area contributed by atoms with Crippen molar-refractivity contribution < 1.29 is 12.4 Å². The Kier molecular flexibility index (Phi) is 21.8. The first kappa shape index (κ1) is 16.0. The third kappa shape index (κ3) is 15.7. The average molecular weight is 146 g/mol. The van der Waals surface area contributed by atoms with Crippen LogP contribution in [0.25, 0.3) is 0 Å². The van der Waals surface area contributed by atoms with E-state index in [-0.39, 0.29) is 35.5 Å². The number of hydrogen-bond acceptors (Lipinski definition) is 1. The Bertz CT molecular complexity index is 33.6. The summed E-state index contributed by atoms with van der Waals surface area (Å²) in [5, 5.41) is 0. The minimum absolute atomic E-state index is 0. The van der Waals surface area contributed by atoms with Gasteiger partial charge in [0.1, 0.15) is 0 Å². The van der Waals surface area contributed by atoms with Gasteiger partial charge in [0.15, 0.2) is 0 Å². The number of rotatable bonds is 2. The van der Waals surface area contributed by atoms with Gasteiger partial charge in [0.25, 0.3) is 0 Å². The van der Waals surface area contributed by atoms with Crippen molar-refractivity contribution >= 4 is 23.1 Å². The Balaban J connectivity index is -0.000000125. The molecule has 46 valence electrons. The second kappa shape index (κ2) is 10.9. The second-order valence-corrected chi connectivity index (χ2v) is 1.66. The van der Waals surface area contributed by atoms with E-state index in [0.717, 1.165) is 13.0 Å². The molecule has 0 unspecified atom stereocenters. The fraction of sp³-hybridized carbons (Fsp3) is 0.800. The Hall–Kier alpha value is 1.02. The van der Waals surface area contributed by atoms with Crippen LogP contribution in [0.3, 0.4) is 0 Å². The van der Waals surface area contributed by atoms with E-state index in [0.29, 0.717) is 0 Å². The van der Waals surface area contributed by atoms with Crippen LogP contribution >= 0.6 is 0 Å². The van der Waals surface area contributed by atoms with Gasteiger partial charge < -0.3 is 24.2 Å². The van der Waals surface area contributed by atoms with Gasteiger partial charge in [-0.25, -0.2) is 0 Å². The van der Waals surface area contributed by atoms with Crippen LogP contribution < -0.4 is 12.4 Å². The molecule has 1 nitrogen and oxygen atoms in total. The molecule has 0 heterocycles. The Labute approximate surface area is 74.4 Å². The first-order valence-corrected chi connectivity index (χ1v) is 2.21. The molecule has 0 aliphatic heterocycles. The smallest absolute Gasteiger partial charge is 1.00 e. The molecular formula is C5H12ClMgN. The van der Waals surface area contributed by atoms with Gasteiger partial charge in [0.05, 0.1) is 0 Å². The summed E-state index contributed by atoms with van der Waals surface area (Å²) in [6.45, 7) is 4.78. The molecule has 0 atom stereocenters. The normalized spacial score (nSPS) is 7.50. The van der Waals surface area contributed by atoms with Crippen LogP contribution in [0.15, 0.2) is 0 Å². The molecule has 0 aliphatic carbocycles. The molecule has 8 heavy (non-hydrogen) atoms. The van der Waals surface area contributed by atoms with Gasteiger partial charge in [0, 0.05) is 0 Å². The van der Waals surface area contributed by atoms with Crippen molar-refractivity contribution in [1.82, 2.24) is 4.90 Å². The third-order valence-electron chi connectivity index (χ3n) is 0.605. The predicted octanol–water partition coefficient (Wildman–Crippen LogP) is -2.60. The molecule has 0 amide bonds. The Morgan fingerprint density at radius 3 is 1.75 bits per heavy atom. The van der Waals surface area contributed by atoms with Gasteiger partial charge in [-0.05, 0) is 20.6 Å². The quantitative estimate of drug-likeness (QED) is 0.305. The van der Waals surface area contributed by atoms with Crippen molar-refractivity contribution in [1.29, 1.82) is 0 Å². The van der Waals surface area contributed by atoms with Crippen LogP contribution in [0, 0.1) is 6.92 Å². The summed E-state index contributed by atoms with van der Waals surface area (Å²) < 4.78 is 0. The summed E-state index contributed by atoms with van der Waals surface area (Å²) in [4.78, 5) is 2.12. The fourth-order valence-electron chi connectivity index (χ4n) is 0.316. The topological polar surface area (TPSA) is 3.24 Å². The van der Waals surface area contributed by atoms with Crippen molar-refractivity contribution in [3.8, 4) is 0 Å². The van der Waals surface area contributed by atoms with Crippen LogP contribution in [0.1, 0.15) is 6.42 Å². The number of halogens is 1. The molecule has 0 bridgehead atoms. The van der Waals surface area contributed by atoms with Crippen molar-refractivity contribution in [2.75, 3.05) is 20.6 Å². The van der Waals surface area contributed by atoms with E-state index in [1.165, 1.54) is 0 Å². The average Bonchev–Trinajstić information content (AvgIpc) is 1.35. The molecular weight excluding hydrogens is 134 g/mol. The van der Waals surface area contributed by atoms with E-state index in [4.69, 9.17) is 0 Å².